The summed E-state index contributed by atoms with van der Waals surface area (Å²) in [5.74, 6) is 1.40. The van der Waals surface area contributed by atoms with Crippen LogP contribution in [0.4, 0.5) is 0 Å². The molecular formula is C20H20ClNO3. The molecule has 0 saturated carbocycles. The number of methoxy groups -OCH3 is 2. The van der Waals surface area contributed by atoms with E-state index in [4.69, 9.17) is 21.1 Å². The summed E-state index contributed by atoms with van der Waals surface area (Å²) < 4.78 is 10.7. The van der Waals surface area contributed by atoms with Gasteiger partial charge in [0.25, 0.3) is 0 Å². The van der Waals surface area contributed by atoms with Crippen molar-refractivity contribution in [2.75, 3.05) is 20.8 Å². The Kier molecular flexibility index (Phi) is 5.29. The largest absolute Gasteiger partial charge is 0.493 e. The molecule has 2 aromatic rings. The van der Waals surface area contributed by atoms with Crippen molar-refractivity contribution in [2.24, 2.45) is 0 Å². The van der Waals surface area contributed by atoms with Crippen molar-refractivity contribution in [1.82, 2.24) is 4.90 Å². The number of halogens is 1. The van der Waals surface area contributed by atoms with Crippen LogP contribution < -0.4 is 9.47 Å². The van der Waals surface area contributed by atoms with Crippen LogP contribution >= 0.6 is 11.6 Å². The maximum atomic E-state index is 12.5. The molecule has 0 atom stereocenters. The van der Waals surface area contributed by atoms with Gasteiger partial charge in [-0.25, -0.2) is 0 Å². The van der Waals surface area contributed by atoms with Crippen molar-refractivity contribution in [3.05, 3.63) is 64.2 Å². The quantitative estimate of drug-likeness (QED) is 0.777. The second-order valence-electron chi connectivity index (χ2n) is 5.87. The average molecular weight is 358 g/mol. The average Bonchev–Trinajstić information content (AvgIpc) is 2.64. The number of carbonyl (C=O) groups is 1. The zero-order valence-corrected chi connectivity index (χ0v) is 15.0. The Hall–Kier alpha value is -2.46. The molecule has 0 saturated heterocycles. The molecule has 0 unspecified atom stereocenters. The first-order chi connectivity index (χ1) is 12.1. The fraction of sp³-hybridized carbons (Fsp3) is 0.250. The normalized spacial score (nSPS) is 13.6. The van der Waals surface area contributed by atoms with Gasteiger partial charge in [0.2, 0.25) is 5.91 Å². The topological polar surface area (TPSA) is 38.8 Å². The van der Waals surface area contributed by atoms with Gasteiger partial charge in [-0.05, 0) is 53.5 Å². The number of hydrogen-bond donors (Lipinski definition) is 0. The first kappa shape index (κ1) is 17.4. The molecule has 25 heavy (non-hydrogen) atoms. The maximum Gasteiger partial charge on any atom is 0.246 e. The predicted octanol–water partition coefficient (Wildman–Crippen LogP) is 3.96. The van der Waals surface area contributed by atoms with E-state index < -0.39 is 0 Å². The van der Waals surface area contributed by atoms with E-state index in [0.29, 0.717) is 23.9 Å². The Labute approximate surface area is 152 Å². The Morgan fingerprint density at radius 3 is 2.52 bits per heavy atom. The monoisotopic (exact) mass is 357 g/mol. The summed E-state index contributed by atoms with van der Waals surface area (Å²) >= 11 is 5.97. The summed E-state index contributed by atoms with van der Waals surface area (Å²) in [7, 11) is 3.24. The van der Waals surface area contributed by atoms with Crippen LogP contribution in [0.1, 0.15) is 16.7 Å². The molecule has 5 heteroatoms. The summed E-state index contributed by atoms with van der Waals surface area (Å²) in [6.07, 6.45) is 4.18. The van der Waals surface area contributed by atoms with Crippen LogP contribution in [0.15, 0.2) is 42.5 Å². The molecule has 0 bridgehead atoms. The highest BCUT2D eigenvalue weighted by Gasteiger charge is 2.21. The number of rotatable bonds is 4. The molecule has 1 aliphatic heterocycles. The lowest BCUT2D eigenvalue weighted by atomic mass is 9.98. The van der Waals surface area contributed by atoms with Crippen LogP contribution in [-0.4, -0.2) is 31.6 Å². The van der Waals surface area contributed by atoms with Gasteiger partial charge in [0, 0.05) is 24.2 Å². The standard InChI is InChI=1S/C20H20ClNO3/c1-24-18-11-15-8-9-22(13-16(15)12-19(18)25-2)20(23)7-6-14-4-3-5-17(21)10-14/h3-7,10-12H,8-9,13H2,1-2H3/b7-6+. The minimum atomic E-state index is -0.0135. The van der Waals surface area contributed by atoms with E-state index in [9.17, 15) is 4.79 Å². The first-order valence-electron chi connectivity index (χ1n) is 8.07. The molecule has 3 rings (SSSR count). The molecule has 0 aliphatic carbocycles. The third-order valence-corrected chi connectivity index (χ3v) is 4.53. The summed E-state index contributed by atoms with van der Waals surface area (Å²) in [5, 5.41) is 0.655. The summed E-state index contributed by atoms with van der Waals surface area (Å²) in [6.45, 7) is 1.25. The Balaban J connectivity index is 1.74. The van der Waals surface area contributed by atoms with Crippen molar-refractivity contribution in [3.8, 4) is 11.5 Å². The second-order valence-corrected chi connectivity index (χ2v) is 6.31. The van der Waals surface area contributed by atoms with Gasteiger partial charge in [0.15, 0.2) is 11.5 Å². The van der Waals surface area contributed by atoms with Crippen LogP contribution in [-0.2, 0) is 17.8 Å². The summed E-state index contributed by atoms with van der Waals surface area (Å²) in [5.41, 5.74) is 3.19. The molecule has 2 aromatic carbocycles. The summed E-state index contributed by atoms with van der Waals surface area (Å²) in [4.78, 5) is 14.3. The van der Waals surface area contributed by atoms with Gasteiger partial charge in [0.1, 0.15) is 0 Å². The molecule has 1 heterocycles. The number of amides is 1. The zero-order valence-electron chi connectivity index (χ0n) is 14.3. The van der Waals surface area contributed by atoms with Gasteiger partial charge in [-0.3, -0.25) is 4.79 Å². The molecule has 0 radical (unpaired) electrons. The van der Waals surface area contributed by atoms with E-state index in [-0.39, 0.29) is 5.91 Å². The Morgan fingerprint density at radius 1 is 1.12 bits per heavy atom. The zero-order chi connectivity index (χ0) is 17.8. The van der Waals surface area contributed by atoms with Crippen molar-refractivity contribution in [1.29, 1.82) is 0 Å². The van der Waals surface area contributed by atoms with E-state index >= 15 is 0 Å². The number of carbonyl (C=O) groups excluding carboxylic acids is 1. The molecule has 0 N–H and O–H groups in total. The number of fused-ring (bicyclic) bond motifs is 1. The van der Waals surface area contributed by atoms with E-state index in [0.717, 1.165) is 23.3 Å². The fourth-order valence-corrected chi connectivity index (χ4v) is 3.15. The molecule has 130 valence electrons. The molecule has 4 nitrogen and oxygen atoms in total. The molecule has 1 aliphatic rings. The van der Waals surface area contributed by atoms with Crippen LogP contribution in [0.25, 0.3) is 6.08 Å². The molecule has 0 fully saturated rings. The van der Waals surface area contributed by atoms with Crippen LogP contribution in [0.2, 0.25) is 5.02 Å². The van der Waals surface area contributed by atoms with Crippen LogP contribution in [0.5, 0.6) is 11.5 Å². The number of benzene rings is 2. The molecular weight excluding hydrogens is 338 g/mol. The maximum absolute atomic E-state index is 12.5. The predicted molar refractivity (Wildman–Crippen MR) is 99.2 cm³/mol. The lowest BCUT2D eigenvalue weighted by Gasteiger charge is -2.28. The van der Waals surface area contributed by atoms with Crippen molar-refractivity contribution in [3.63, 3.8) is 0 Å². The highest BCUT2D eigenvalue weighted by atomic mass is 35.5. The van der Waals surface area contributed by atoms with Crippen molar-refractivity contribution >= 4 is 23.6 Å². The van der Waals surface area contributed by atoms with Gasteiger partial charge >= 0.3 is 0 Å². The third kappa shape index (κ3) is 3.97. The van der Waals surface area contributed by atoms with Crippen LogP contribution in [0.3, 0.4) is 0 Å². The van der Waals surface area contributed by atoms with Gasteiger partial charge < -0.3 is 14.4 Å². The molecule has 0 spiro atoms. The van der Waals surface area contributed by atoms with Crippen molar-refractivity contribution < 1.29 is 14.3 Å². The number of ether oxygens (including phenoxy) is 2. The van der Waals surface area contributed by atoms with Crippen molar-refractivity contribution in [2.45, 2.75) is 13.0 Å². The van der Waals surface area contributed by atoms with Gasteiger partial charge in [-0.15, -0.1) is 0 Å². The van der Waals surface area contributed by atoms with E-state index in [1.807, 2.05) is 41.3 Å². The highest BCUT2D eigenvalue weighted by molar-refractivity contribution is 6.30. The molecule has 0 aromatic heterocycles. The van der Waals surface area contributed by atoms with Gasteiger partial charge in [-0.1, -0.05) is 23.7 Å². The van der Waals surface area contributed by atoms with E-state index in [1.54, 1.807) is 26.4 Å². The van der Waals surface area contributed by atoms with E-state index in [1.165, 1.54) is 5.56 Å². The fourth-order valence-electron chi connectivity index (χ4n) is 2.95. The second kappa shape index (κ2) is 7.62. The minimum absolute atomic E-state index is 0.0135. The molecule has 1 amide bonds. The number of hydrogen-bond acceptors (Lipinski definition) is 3. The Bertz CT molecular complexity index is 817. The minimum Gasteiger partial charge on any atom is -0.493 e. The van der Waals surface area contributed by atoms with Crippen LogP contribution in [0, 0.1) is 0 Å². The number of nitrogens with zero attached hydrogens (tertiary/aromatic N) is 1. The summed E-state index contributed by atoms with van der Waals surface area (Å²) in [6, 6.07) is 11.4. The van der Waals surface area contributed by atoms with Gasteiger partial charge in [-0.2, -0.15) is 0 Å². The van der Waals surface area contributed by atoms with Gasteiger partial charge in [0.05, 0.1) is 14.2 Å². The first-order valence-corrected chi connectivity index (χ1v) is 8.45. The smallest absolute Gasteiger partial charge is 0.246 e. The third-order valence-electron chi connectivity index (χ3n) is 4.30. The lowest BCUT2D eigenvalue weighted by molar-refractivity contribution is -0.126. The Morgan fingerprint density at radius 2 is 1.84 bits per heavy atom. The SMILES string of the molecule is COc1cc2c(cc1OC)CN(C(=O)/C=C/c1cccc(Cl)c1)CC2. The highest BCUT2D eigenvalue weighted by Crippen LogP contribution is 2.33. The lowest BCUT2D eigenvalue weighted by Crippen LogP contribution is -2.34. The van der Waals surface area contributed by atoms with E-state index in [2.05, 4.69) is 0 Å².